The molecule has 1 N–H and O–H groups in total. The van der Waals surface area contributed by atoms with Crippen LogP contribution in [-0.4, -0.2) is 23.4 Å². The third-order valence-electron chi connectivity index (χ3n) is 3.94. The molecular weight excluding hydrogens is 294 g/mol. The molecule has 0 amide bonds. The van der Waals surface area contributed by atoms with Gasteiger partial charge in [-0.1, -0.05) is 0 Å². The van der Waals surface area contributed by atoms with Crippen molar-refractivity contribution in [2.24, 2.45) is 0 Å². The Morgan fingerprint density at radius 1 is 1.18 bits per heavy atom. The zero-order valence-electron chi connectivity index (χ0n) is 12.6. The Balaban J connectivity index is 1.83. The molecule has 4 nitrogen and oxygen atoms in total. The van der Waals surface area contributed by atoms with Crippen LogP contribution >= 0.6 is 11.3 Å². The average molecular weight is 311 g/mol. The van der Waals surface area contributed by atoms with Crippen LogP contribution in [0.4, 0.5) is 5.82 Å². The summed E-state index contributed by atoms with van der Waals surface area (Å²) in [4.78, 5) is 2.55. The second-order valence-corrected chi connectivity index (χ2v) is 6.66. The highest BCUT2D eigenvalue weighted by molar-refractivity contribution is 7.15. The summed E-state index contributed by atoms with van der Waals surface area (Å²) < 4.78 is 7.24. The Bertz CT molecular complexity index is 817. The van der Waals surface area contributed by atoms with E-state index in [-0.39, 0.29) is 0 Å². The fraction of sp³-hybridized carbons (Fsp3) is 0.235. The number of fused-ring (bicyclic) bond motifs is 1. The van der Waals surface area contributed by atoms with Gasteiger partial charge in [0.1, 0.15) is 17.3 Å². The Morgan fingerprint density at radius 2 is 2.00 bits per heavy atom. The maximum absolute atomic E-state index is 5.23. The van der Waals surface area contributed by atoms with Crippen molar-refractivity contribution in [2.45, 2.75) is 13.3 Å². The summed E-state index contributed by atoms with van der Waals surface area (Å²) in [7, 11) is 1.68. The van der Waals surface area contributed by atoms with Crippen molar-refractivity contribution in [3.8, 4) is 22.0 Å². The van der Waals surface area contributed by atoms with Gasteiger partial charge >= 0.3 is 0 Å². The van der Waals surface area contributed by atoms with Gasteiger partial charge in [0.25, 0.3) is 0 Å². The number of ether oxygens (including phenoxy) is 1. The van der Waals surface area contributed by atoms with Gasteiger partial charge in [0.2, 0.25) is 0 Å². The van der Waals surface area contributed by atoms with Crippen LogP contribution in [-0.2, 0) is 6.42 Å². The molecule has 0 spiro atoms. The quantitative estimate of drug-likeness (QED) is 0.797. The number of aromatic nitrogens is 2. The summed E-state index contributed by atoms with van der Waals surface area (Å²) in [6.07, 6.45) is 1.03. The molecule has 4 rings (SSSR count). The van der Waals surface area contributed by atoms with Crippen molar-refractivity contribution in [3.63, 3.8) is 0 Å². The lowest BCUT2D eigenvalue weighted by atomic mass is 10.2. The molecule has 0 saturated carbocycles. The normalized spacial score (nSPS) is 13.0. The molecule has 2 aromatic heterocycles. The zero-order chi connectivity index (χ0) is 15.1. The van der Waals surface area contributed by atoms with E-state index in [0.717, 1.165) is 35.9 Å². The van der Waals surface area contributed by atoms with Gasteiger partial charge in [-0.05, 0) is 49.7 Å². The summed E-state index contributed by atoms with van der Waals surface area (Å²) in [6.45, 7) is 3.10. The van der Waals surface area contributed by atoms with Gasteiger partial charge in [0, 0.05) is 17.0 Å². The Hall–Kier alpha value is -2.27. The number of anilines is 1. The molecule has 0 saturated heterocycles. The number of hydrogen-bond acceptors (Lipinski definition) is 4. The minimum atomic E-state index is 0.856. The van der Waals surface area contributed by atoms with Crippen LogP contribution in [0.2, 0.25) is 0 Å². The van der Waals surface area contributed by atoms with Crippen LogP contribution in [0.15, 0.2) is 36.4 Å². The first-order chi connectivity index (χ1) is 10.8. The SMILES string of the molecule is COc1ccc(-n2nc(-c3ccc(C)s3)c3c2NCC3)cc1. The lowest BCUT2D eigenvalue weighted by Gasteiger charge is -2.07. The summed E-state index contributed by atoms with van der Waals surface area (Å²) >= 11 is 1.80. The number of methoxy groups -OCH3 is 1. The van der Waals surface area contributed by atoms with Gasteiger partial charge in [-0.15, -0.1) is 11.3 Å². The van der Waals surface area contributed by atoms with Crippen LogP contribution in [0.25, 0.3) is 16.3 Å². The molecule has 3 heterocycles. The van der Waals surface area contributed by atoms with E-state index in [1.54, 1.807) is 18.4 Å². The fourth-order valence-electron chi connectivity index (χ4n) is 2.84. The minimum absolute atomic E-state index is 0.856. The minimum Gasteiger partial charge on any atom is -0.497 e. The maximum atomic E-state index is 5.23. The highest BCUT2D eigenvalue weighted by Gasteiger charge is 2.24. The highest BCUT2D eigenvalue weighted by atomic mass is 32.1. The van der Waals surface area contributed by atoms with Crippen molar-refractivity contribution in [3.05, 3.63) is 46.8 Å². The van der Waals surface area contributed by atoms with Crippen LogP contribution in [0, 0.1) is 6.92 Å². The highest BCUT2D eigenvalue weighted by Crippen LogP contribution is 2.37. The first kappa shape index (κ1) is 13.4. The molecule has 0 atom stereocenters. The second-order valence-electron chi connectivity index (χ2n) is 5.37. The van der Waals surface area contributed by atoms with Crippen molar-refractivity contribution >= 4 is 17.2 Å². The van der Waals surface area contributed by atoms with Crippen molar-refractivity contribution in [1.29, 1.82) is 0 Å². The molecule has 1 aromatic carbocycles. The van der Waals surface area contributed by atoms with Gasteiger partial charge < -0.3 is 10.1 Å². The van der Waals surface area contributed by atoms with Crippen LogP contribution < -0.4 is 10.1 Å². The van der Waals surface area contributed by atoms with Crippen LogP contribution in [0.1, 0.15) is 10.4 Å². The Kier molecular flexibility index (Phi) is 3.15. The lowest BCUT2D eigenvalue weighted by molar-refractivity contribution is 0.414. The van der Waals surface area contributed by atoms with Gasteiger partial charge in [-0.3, -0.25) is 0 Å². The largest absolute Gasteiger partial charge is 0.497 e. The topological polar surface area (TPSA) is 39.1 Å². The second kappa shape index (κ2) is 5.18. The maximum Gasteiger partial charge on any atom is 0.133 e. The monoisotopic (exact) mass is 311 g/mol. The molecule has 112 valence electrons. The average Bonchev–Trinajstić information content (AvgIpc) is 3.23. The van der Waals surface area contributed by atoms with E-state index in [2.05, 4.69) is 24.4 Å². The van der Waals surface area contributed by atoms with E-state index in [1.807, 2.05) is 28.9 Å². The predicted octanol–water partition coefficient (Wildman–Crippen LogP) is 3.89. The number of aryl methyl sites for hydroxylation is 1. The Morgan fingerprint density at radius 3 is 2.68 bits per heavy atom. The molecular formula is C17H17N3OS. The Labute approximate surface area is 133 Å². The first-order valence-corrected chi connectivity index (χ1v) is 8.15. The smallest absolute Gasteiger partial charge is 0.133 e. The first-order valence-electron chi connectivity index (χ1n) is 7.33. The molecule has 22 heavy (non-hydrogen) atoms. The summed E-state index contributed by atoms with van der Waals surface area (Å²) in [5, 5.41) is 8.33. The third kappa shape index (κ3) is 2.09. The van der Waals surface area contributed by atoms with Crippen molar-refractivity contribution in [2.75, 3.05) is 19.0 Å². The third-order valence-corrected chi connectivity index (χ3v) is 4.95. The molecule has 0 radical (unpaired) electrons. The van der Waals surface area contributed by atoms with Crippen LogP contribution in [0.3, 0.4) is 0 Å². The van der Waals surface area contributed by atoms with E-state index in [1.165, 1.54) is 15.3 Å². The van der Waals surface area contributed by atoms with E-state index in [9.17, 15) is 0 Å². The van der Waals surface area contributed by atoms with Gasteiger partial charge in [0.05, 0.1) is 17.7 Å². The number of rotatable bonds is 3. The molecule has 1 aliphatic heterocycles. The van der Waals surface area contributed by atoms with Gasteiger partial charge in [-0.2, -0.15) is 5.10 Å². The molecule has 5 heteroatoms. The number of nitrogens with one attached hydrogen (secondary N) is 1. The van der Waals surface area contributed by atoms with Crippen LogP contribution in [0.5, 0.6) is 5.75 Å². The van der Waals surface area contributed by atoms with Gasteiger partial charge in [-0.25, -0.2) is 4.68 Å². The number of benzene rings is 1. The molecule has 0 aliphatic carbocycles. The van der Waals surface area contributed by atoms with E-state index in [0.29, 0.717) is 0 Å². The van der Waals surface area contributed by atoms with Crippen molar-refractivity contribution in [1.82, 2.24) is 9.78 Å². The molecule has 0 fully saturated rings. The zero-order valence-corrected chi connectivity index (χ0v) is 13.4. The van der Waals surface area contributed by atoms with E-state index < -0.39 is 0 Å². The van der Waals surface area contributed by atoms with Gasteiger partial charge in [0.15, 0.2) is 0 Å². The summed E-state index contributed by atoms with van der Waals surface area (Å²) in [5.74, 6) is 1.97. The summed E-state index contributed by atoms with van der Waals surface area (Å²) in [6, 6.07) is 12.3. The predicted molar refractivity (Wildman–Crippen MR) is 90.4 cm³/mol. The molecule has 0 unspecified atom stereocenters. The van der Waals surface area contributed by atoms with E-state index in [4.69, 9.17) is 9.84 Å². The van der Waals surface area contributed by atoms with E-state index >= 15 is 0 Å². The molecule has 0 bridgehead atoms. The molecule has 1 aliphatic rings. The number of thiophene rings is 1. The summed E-state index contributed by atoms with van der Waals surface area (Å²) in [5.41, 5.74) is 3.47. The fourth-order valence-corrected chi connectivity index (χ4v) is 3.72. The standard InChI is InChI=1S/C17H17N3OS/c1-11-3-8-15(22-11)16-14-9-10-18-17(14)20(19-16)12-4-6-13(21-2)7-5-12/h3-8,18H,9-10H2,1-2H3. The molecule has 3 aromatic rings. The number of nitrogens with zero attached hydrogens (tertiary/aromatic N) is 2. The number of hydrogen-bond donors (Lipinski definition) is 1. The van der Waals surface area contributed by atoms with Crippen molar-refractivity contribution < 1.29 is 4.74 Å². The lowest BCUT2D eigenvalue weighted by Crippen LogP contribution is -2.04.